The first-order valence-corrected chi connectivity index (χ1v) is 7.14. The molecular formula is C16H25NO. The molecule has 0 aromatic heterocycles. The van der Waals surface area contributed by atoms with Gasteiger partial charge in [0.1, 0.15) is 0 Å². The van der Waals surface area contributed by atoms with Gasteiger partial charge in [-0.1, -0.05) is 36.8 Å². The first-order chi connectivity index (χ1) is 8.63. The third-order valence-electron chi connectivity index (χ3n) is 4.29. The fourth-order valence-electron chi connectivity index (χ4n) is 3.06. The van der Waals surface area contributed by atoms with E-state index in [1.165, 1.54) is 24.8 Å². The lowest BCUT2D eigenvalue weighted by atomic mass is 10.00. The van der Waals surface area contributed by atoms with Crippen molar-refractivity contribution in [3.05, 3.63) is 35.4 Å². The van der Waals surface area contributed by atoms with Crippen LogP contribution >= 0.6 is 0 Å². The first kappa shape index (κ1) is 13.6. The van der Waals surface area contributed by atoms with Crippen molar-refractivity contribution in [1.29, 1.82) is 0 Å². The molecule has 0 spiro atoms. The summed E-state index contributed by atoms with van der Waals surface area (Å²) in [7, 11) is 0. The second-order valence-corrected chi connectivity index (χ2v) is 5.54. The summed E-state index contributed by atoms with van der Waals surface area (Å²) in [6.45, 7) is 7.60. The summed E-state index contributed by atoms with van der Waals surface area (Å²) < 4.78 is 0. The lowest BCUT2D eigenvalue weighted by molar-refractivity contribution is 0.0496. The minimum absolute atomic E-state index is 0.208. The van der Waals surface area contributed by atoms with E-state index >= 15 is 0 Å². The maximum Gasteiger partial charge on any atom is 0.0942 e. The Morgan fingerprint density at radius 3 is 2.61 bits per heavy atom. The fourth-order valence-corrected chi connectivity index (χ4v) is 3.06. The van der Waals surface area contributed by atoms with Gasteiger partial charge >= 0.3 is 0 Å². The molecular weight excluding hydrogens is 222 g/mol. The Kier molecular flexibility index (Phi) is 4.41. The minimum Gasteiger partial charge on any atom is -0.387 e. The second-order valence-electron chi connectivity index (χ2n) is 5.54. The number of hydrogen-bond donors (Lipinski definition) is 1. The summed E-state index contributed by atoms with van der Waals surface area (Å²) in [4.78, 5) is 2.48. The SMILES string of the molecule is CCC1CCCN1C(C)C(O)c1ccc(C)cc1. The lowest BCUT2D eigenvalue weighted by Gasteiger charge is -2.33. The van der Waals surface area contributed by atoms with Gasteiger partial charge in [0.05, 0.1) is 6.10 Å². The second kappa shape index (κ2) is 5.85. The average Bonchev–Trinajstić information content (AvgIpc) is 2.86. The Bertz CT molecular complexity index is 373. The van der Waals surface area contributed by atoms with E-state index in [2.05, 4.69) is 37.8 Å². The van der Waals surface area contributed by atoms with Gasteiger partial charge in [0.15, 0.2) is 0 Å². The zero-order valence-corrected chi connectivity index (χ0v) is 11.8. The Morgan fingerprint density at radius 2 is 2.00 bits per heavy atom. The van der Waals surface area contributed by atoms with Gasteiger partial charge < -0.3 is 5.11 Å². The molecule has 1 saturated heterocycles. The Hall–Kier alpha value is -0.860. The van der Waals surface area contributed by atoms with Gasteiger partial charge in [0.2, 0.25) is 0 Å². The van der Waals surface area contributed by atoms with E-state index in [9.17, 15) is 5.11 Å². The molecule has 2 nitrogen and oxygen atoms in total. The number of nitrogens with zero attached hydrogens (tertiary/aromatic N) is 1. The van der Waals surface area contributed by atoms with Gasteiger partial charge in [-0.15, -0.1) is 0 Å². The predicted octanol–water partition coefficient (Wildman–Crippen LogP) is 3.29. The quantitative estimate of drug-likeness (QED) is 0.882. The van der Waals surface area contributed by atoms with Gasteiger partial charge in [-0.3, -0.25) is 4.90 Å². The highest BCUT2D eigenvalue weighted by molar-refractivity contribution is 5.24. The van der Waals surface area contributed by atoms with E-state index in [1.807, 2.05) is 12.1 Å². The van der Waals surface area contributed by atoms with E-state index in [4.69, 9.17) is 0 Å². The van der Waals surface area contributed by atoms with E-state index in [1.54, 1.807) is 0 Å². The Balaban J connectivity index is 2.08. The highest BCUT2D eigenvalue weighted by Gasteiger charge is 2.31. The highest BCUT2D eigenvalue weighted by atomic mass is 16.3. The molecule has 0 bridgehead atoms. The molecule has 0 amide bonds. The summed E-state index contributed by atoms with van der Waals surface area (Å²) in [5.41, 5.74) is 2.28. The van der Waals surface area contributed by atoms with Crippen LogP contribution in [-0.4, -0.2) is 28.6 Å². The third-order valence-corrected chi connectivity index (χ3v) is 4.29. The maximum absolute atomic E-state index is 10.5. The van der Waals surface area contributed by atoms with E-state index < -0.39 is 0 Å². The molecule has 2 rings (SSSR count). The summed E-state index contributed by atoms with van der Waals surface area (Å²) >= 11 is 0. The molecule has 1 aliphatic rings. The number of hydrogen-bond acceptors (Lipinski definition) is 2. The summed E-state index contributed by atoms with van der Waals surface area (Å²) in [5.74, 6) is 0. The number of aliphatic hydroxyl groups excluding tert-OH is 1. The van der Waals surface area contributed by atoms with Crippen molar-refractivity contribution in [3.8, 4) is 0 Å². The minimum atomic E-state index is -0.377. The van der Waals surface area contributed by atoms with Crippen LogP contribution in [0.5, 0.6) is 0 Å². The molecule has 1 fully saturated rings. The summed E-state index contributed by atoms with van der Waals surface area (Å²) in [6.07, 6.45) is 3.35. The molecule has 1 N–H and O–H groups in total. The van der Waals surface area contributed by atoms with Crippen molar-refractivity contribution >= 4 is 0 Å². The van der Waals surface area contributed by atoms with Crippen LogP contribution in [0, 0.1) is 6.92 Å². The largest absolute Gasteiger partial charge is 0.387 e. The summed E-state index contributed by atoms with van der Waals surface area (Å²) in [6, 6.07) is 9.11. The van der Waals surface area contributed by atoms with Crippen LogP contribution < -0.4 is 0 Å². The number of benzene rings is 1. The van der Waals surface area contributed by atoms with Gasteiger partial charge in [-0.05, 0) is 45.2 Å². The molecule has 1 heterocycles. The number of rotatable bonds is 4. The fraction of sp³-hybridized carbons (Fsp3) is 0.625. The maximum atomic E-state index is 10.5. The van der Waals surface area contributed by atoms with Crippen LogP contribution in [0.4, 0.5) is 0 Å². The molecule has 0 saturated carbocycles. The van der Waals surface area contributed by atoms with Crippen molar-refractivity contribution in [2.45, 2.75) is 58.2 Å². The lowest BCUT2D eigenvalue weighted by Crippen LogP contribution is -2.40. The number of aliphatic hydroxyl groups is 1. The van der Waals surface area contributed by atoms with E-state index in [-0.39, 0.29) is 12.1 Å². The molecule has 3 unspecified atom stereocenters. The molecule has 100 valence electrons. The molecule has 0 aliphatic carbocycles. The number of likely N-dealkylation sites (tertiary alicyclic amines) is 1. The molecule has 3 atom stereocenters. The third kappa shape index (κ3) is 2.76. The molecule has 1 aliphatic heterocycles. The van der Waals surface area contributed by atoms with E-state index in [0.29, 0.717) is 6.04 Å². The molecule has 0 radical (unpaired) electrons. The highest BCUT2D eigenvalue weighted by Crippen LogP contribution is 2.29. The Labute approximate surface area is 111 Å². The van der Waals surface area contributed by atoms with Crippen molar-refractivity contribution < 1.29 is 5.11 Å². The van der Waals surface area contributed by atoms with E-state index in [0.717, 1.165) is 12.1 Å². The zero-order valence-electron chi connectivity index (χ0n) is 11.8. The molecule has 2 heteroatoms. The average molecular weight is 247 g/mol. The van der Waals surface area contributed by atoms with Crippen LogP contribution in [0.15, 0.2) is 24.3 Å². The van der Waals surface area contributed by atoms with Crippen LogP contribution in [0.3, 0.4) is 0 Å². The smallest absolute Gasteiger partial charge is 0.0942 e. The standard InChI is InChI=1S/C16H25NO/c1-4-15-6-5-11-17(15)13(3)16(18)14-9-7-12(2)8-10-14/h7-10,13,15-16,18H,4-6,11H2,1-3H3. The van der Waals surface area contributed by atoms with Crippen LogP contribution in [-0.2, 0) is 0 Å². The molecule has 1 aromatic carbocycles. The van der Waals surface area contributed by atoms with Crippen LogP contribution in [0.1, 0.15) is 50.3 Å². The van der Waals surface area contributed by atoms with Crippen molar-refractivity contribution in [2.75, 3.05) is 6.54 Å². The van der Waals surface area contributed by atoms with Crippen LogP contribution in [0.25, 0.3) is 0 Å². The predicted molar refractivity (Wildman–Crippen MR) is 75.6 cm³/mol. The van der Waals surface area contributed by atoms with Gasteiger partial charge in [0, 0.05) is 12.1 Å². The molecule has 1 aromatic rings. The van der Waals surface area contributed by atoms with Crippen molar-refractivity contribution in [2.24, 2.45) is 0 Å². The summed E-state index contributed by atoms with van der Waals surface area (Å²) in [5, 5.41) is 10.5. The molecule has 18 heavy (non-hydrogen) atoms. The van der Waals surface area contributed by atoms with Gasteiger partial charge in [0.25, 0.3) is 0 Å². The number of aryl methyl sites for hydroxylation is 1. The van der Waals surface area contributed by atoms with Crippen molar-refractivity contribution in [1.82, 2.24) is 4.90 Å². The monoisotopic (exact) mass is 247 g/mol. The van der Waals surface area contributed by atoms with Crippen LogP contribution in [0.2, 0.25) is 0 Å². The topological polar surface area (TPSA) is 23.5 Å². The van der Waals surface area contributed by atoms with Gasteiger partial charge in [-0.2, -0.15) is 0 Å². The van der Waals surface area contributed by atoms with Gasteiger partial charge in [-0.25, -0.2) is 0 Å². The van der Waals surface area contributed by atoms with Crippen molar-refractivity contribution in [3.63, 3.8) is 0 Å². The first-order valence-electron chi connectivity index (χ1n) is 7.14. The Morgan fingerprint density at radius 1 is 1.33 bits per heavy atom. The zero-order chi connectivity index (χ0) is 13.1. The normalized spacial score (nSPS) is 24.1.